The molecule has 1 fully saturated rings. The molecule has 0 spiro atoms. The lowest BCUT2D eigenvalue weighted by Gasteiger charge is -2.24. The topological polar surface area (TPSA) is 75.4 Å². The highest BCUT2D eigenvalue weighted by Crippen LogP contribution is 2.25. The largest absolute Gasteiger partial charge is 0.349 e. The summed E-state index contributed by atoms with van der Waals surface area (Å²) < 4.78 is 40.2. The van der Waals surface area contributed by atoms with Crippen molar-refractivity contribution in [1.29, 1.82) is 0 Å². The van der Waals surface area contributed by atoms with Crippen molar-refractivity contribution in [3.8, 4) is 0 Å². The van der Waals surface area contributed by atoms with Crippen LogP contribution in [0.1, 0.15) is 17.5 Å². The maximum absolute atomic E-state index is 13.8. The highest BCUT2D eigenvalue weighted by Gasteiger charge is 2.35. The van der Waals surface area contributed by atoms with E-state index in [1.165, 1.54) is 16.7 Å². The van der Waals surface area contributed by atoms with Gasteiger partial charge in [0.2, 0.25) is 5.91 Å². The fourth-order valence-electron chi connectivity index (χ4n) is 3.23. The Labute approximate surface area is 176 Å². The van der Waals surface area contributed by atoms with Gasteiger partial charge in [-0.1, -0.05) is 30.3 Å². The van der Waals surface area contributed by atoms with Gasteiger partial charge in [0.25, 0.3) is 5.91 Å². The Hall–Kier alpha value is -2.52. The van der Waals surface area contributed by atoms with Gasteiger partial charge >= 0.3 is 0 Å². The van der Waals surface area contributed by atoms with Gasteiger partial charge in [-0.25, -0.2) is 13.2 Å². The number of thioether (sulfide) groups is 1. The molecule has 1 aliphatic rings. The summed E-state index contributed by atoms with van der Waals surface area (Å²) in [5.74, 6) is -3.35. The summed E-state index contributed by atoms with van der Waals surface area (Å²) in [7, 11) is 0. The standard InChI is InChI=1S/C21H22F3N3O2S/c22-16-11-18(24)17(23)9-14(16)8-15(25)10-19(28)27-6-7-30-21(27)20(29)26-12-13-4-2-1-3-5-13/h1-5,9,11,15,21H,6-8,10,12,25H2,(H,26,29)/t15-,21?/m1/s1. The number of hydrogen-bond acceptors (Lipinski definition) is 4. The maximum atomic E-state index is 13.8. The van der Waals surface area contributed by atoms with Gasteiger partial charge in [0, 0.05) is 37.4 Å². The summed E-state index contributed by atoms with van der Waals surface area (Å²) in [6, 6.07) is 9.83. The first kappa shape index (κ1) is 22.2. The van der Waals surface area contributed by atoms with Crippen LogP contribution in [0.2, 0.25) is 0 Å². The van der Waals surface area contributed by atoms with Gasteiger partial charge < -0.3 is 16.0 Å². The zero-order chi connectivity index (χ0) is 21.7. The number of nitrogens with one attached hydrogen (secondary N) is 1. The first-order valence-electron chi connectivity index (χ1n) is 9.47. The van der Waals surface area contributed by atoms with Crippen LogP contribution in [0.15, 0.2) is 42.5 Å². The number of amides is 2. The van der Waals surface area contributed by atoms with E-state index in [-0.39, 0.29) is 30.2 Å². The van der Waals surface area contributed by atoms with Crippen LogP contribution >= 0.6 is 11.8 Å². The van der Waals surface area contributed by atoms with Gasteiger partial charge in [-0.2, -0.15) is 0 Å². The van der Waals surface area contributed by atoms with Crippen LogP contribution in [-0.2, 0) is 22.6 Å². The third-order valence-corrected chi connectivity index (χ3v) is 5.96. The molecule has 0 bridgehead atoms. The number of carbonyl (C=O) groups excluding carboxylic acids is 2. The molecule has 9 heteroatoms. The molecule has 3 N–H and O–H groups in total. The molecular weight excluding hydrogens is 415 g/mol. The summed E-state index contributed by atoms with van der Waals surface area (Å²) >= 11 is 1.36. The lowest BCUT2D eigenvalue weighted by molar-refractivity contribution is -0.136. The molecule has 160 valence electrons. The Morgan fingerprint density at radius 2 is 1.83 bits per heavy atom. The number of hydrogen-bond donors (Lipinski definition) is 2. The van der Waals surface area contributed by atoms with Crippen molar-refractivity contribution in [2.24, 2.45) is 5.73 Å². The van der Waals surface area contributed by atoms with Gasteiger partial charge in [-0.05, 0) is 23.6 Å². The molecule has 30 heavy (non-hydrogen) atoms. The molecule has 2 aromatic rings. The zero-order valence-electron chi connectivity index (χ0n) is 16.1. The van der Waals surface area contributed by atoms with Crippen molar-refractivity contribution < 1.29 is 22.8 Å². The summed E-state index contributed by atoms with van der Waals surface area (Å²) in [6.07, 6.45) is -0.262. The molecule has 1 saturated heterocycles. The lowest BCUT2D eigenvalue weighted by Crippen LogP contribution is -2.46. The quantitative estimate of drug-likeness (QED) is 0.653. The maximum Gasteiger partial charge on any atom is 0.253 e. The van der Waals surface area contributed by atoms with E-state index in [2.05, 4.69) is 5.32 Å². The third-order valence-electron chi connectivity index (χ3n) is 4.75. The third kappa shape index (κ3) is 5.54. The number of nitrogens with zero attached hydrogens (tertiary/aromatic N) is 1. The highest BCUT2D eigenvalue weighted by atomic mass is 32.2. The summed E-state index contributed by atoms with van der Waals surface area (Å²) in [5, 5.41) is 2.17. The van der Waals surface area contributed by atoms with Crippen LogP contribution in [0.5, 0.6) is 0 Å². The van der Waals surface area contributed by atoms with E-state index >= 15 is 0 Å². The predicted octanol–water partition coefficient (Wildman–Crippen LogP) is 2.58. The molecular formula is C21H22F3N3O2S. The fourth-order valence-corrected chi connectivity index (χ4v) is 4.39. The van der Waals surface area contributed by atoms with E-state index in [0.29, 0.717) is 24.9 Å². The number of rotatable bonds is 7. The average molecular weight is 437 g/mol. The van der Waals surface area contributed by atoms with Crippen LogP contribution in [0.25, 0.3) is 0 Å². The van der Waals surface area contributed by atoms with Crippen LogP contribution in [0, 0.1) is 17.5 Å². The van der Waals surface area contributed by atoms with E-state index in [9.17, 15) is 22.8 Å². The minimum atomic E-state index is -1.28. The molecule has 2 atom stereocenters. The van der Waals surface area contributed by atoms with Crippen LogP contribution in [0.4, 0.5) is 13.2 Å². The molecule has 2 amide bonds. The van der Waals surface area contributed by atoms with Crippen LogP contribution in [-0.4, -0.2) is 40.4 Å². The van der Waals surface area contributed by atoms with Crippen molar-refractivity contribution in [3.63, 3.8) is 0 Å². The second kappa shape index (κ2) is 9.99. The summed E-state index contributed by atoms with van der Waals surface area (Å²) in [4.78, 5) is 26.7. The predicted molar refractivity (Wildman–Crippen MR) is 109 cm³/mol. The Kier molecular flexibility index (Phi) is 7.38. The van der Waals surface area contributed by atoms with Crippen LogP contribution < -0.4 is 11.1 Å². The Morgan fingerprint density at radius 3 is 2.57 bits per heavy atom. The molecule has 0 aliphatic carbocycles. The number of carbonyl (C=O) groups is 2. The number of benzene rings is 2. The van der Waals surface area contributed by atoms with Gasteiger partial charge in [0.15, 0.2) is 17.0 Å². The monoisotopic (exact) mass is 437 g/mol. The van der Waals surface area contributed by atoms with Crippen molar-refractivity contribution >= 4 is 23.6 Å². The minimum Gasteiger partial charge on any atom is -0.349 e. The van der Waals surface area contributed by atoms with Gasteiger partial charge in [-0.3, -0.25) is 9.59 Å². The Morgan fingerprint density at radius 1 is 1.13 bits per heavy atom. The second-order valence-corrected chi connectivity index (χ2v) is 8.23. The molecule has 1 heterocycles. The van der Waals surface area contributed by atoms with E-state index < -0.39 is 28.9 Å². The molecule has 5 nitrogen and oxygen atoms in total. The van der Waals surface area contributed by atoms with Gasteiger partial charge in [0.1, 0.15) is 5.82 Å². The molecule has 2 aromatic carbocycles. The molecule has 0 aromatic heterocycles. The zero-order valence-corrected chi connectivity index (χ0v) is 16.9. The molecule has 1 unspecified atom stereocenters. The molecule has 1 aliphatic heterocycles. The van der Waals surface area contributed by atoms with Gasteiger partial charge in [0.05, 0.1) is 0 Å². The van der Waals surface area contributed by atoms with E-state index in [4.69, 9.17) is 5.73 Å². The van der Waals surface area contributed by atoms with E-state index in [0.717, 1.165) is 11.6 Å². The van der Waals surface area contributed by atoms with Crippen molar-refractivity contribution in [2.75, 3.05) is 12.3 Å². The highest BCUT2D eigenvalue weighted by molar-refractivity contribution is 8.00. The second-order valence-electron chi connectivity index (χ2n) is 7.04. The summed E-state index contributed by atoms with van der Waals surface area (Å²) in [6.45, 7) is 0.757. The number of halogens is 3. The summed E-state index contributed by atoms with van der Waals surface area (Å²) in [5.41, 5.74) is 6.80. The SMILES string of the molecule is N[C@@H](CC(=O)N1CCSC1C(=O)NCc1ccccc1)Cc1cc(F)c(F)cc1F. The normalized spacial score (nSPS) is 17.1. The Balaban J connectivity index is 1.56. The molecule has 0 saturated carbocycles. The van der Waals surface area contributed by atoms with Crippen molar-refractivity contribution in [3.05, 3.63) is 71.0 Å². The van der Waals surface area contributed by atoms with Crippen LogP contribution in [0.3, 0.4) is 0 Å². The lowest BCUT2D eigenvalue weighted by atomic mass is 10.0. The van der Waals surface area contributed by atoms with Crippen molar-refractivity contribution in [2.45, 2.75) is 30.8 Å². The van der Waals surface area contributed by atoms with E-state index in [1.807, 2.05) is 30.3 Å². The fraction of sp³-hybridized carbons (Fsp3) is 0.333. The molecule has 0 radical (unpaired) electrons. The first-order valence-corrected chi connectivity index (χ1v) is 10.5. The first-order chi connectivity index (χ1) is 14.3. The number of nitrogens with two attached hydrogens (primary N) is 1. The smallest absolute Gasteiger partial charge is 0.253 e. The Bertz CT molecular complexity index is 914. The minimum absolute atomic E-state index is 0.0952. The van der Waals surface area contributed by atoms with Crippen molar-refractivity contribution in [1.82, 2.24) is 10.2 Å². The van der Waals surface area contributed by atoms with Gasteiger partial charge in [-0.15, -0.1) is 11.8 Å². The van der Waals surface area contributed by atoms with E-state index in [1.54, 1.807) is 0 Å². The average Bonchev–Trinajstić information content (AvgIpc) is 3.21. The molecule has 3 rings (SSSR count).